The monoisotopic (exact) mass is 409 g/mol. The van der Waals surface area contributed by atoms with Crippen LogP contribution in [0.2, 0.25) is 0 Å². The van der Waals surface area contributed by atoms with Gasteiger partial charge < -0.3 is 14.0 Å². The highest BCUT2D eigenvalue weighted by molar-refractivity contribution is 7.98. The van der Waals surface area contributed by atoms with Crippen molar-refractivity contribution in [2.45, 2.75) is 17.8 Å². The molecule has 0 bridgehead atoms. The van der Waals surface area contributed by atoms with Crippen LogP contribution in [0.25, 0.3) is 16.6 Å². The number of ether oxygens (including phenoxy) is 2. The van der Waals surface area contributed by atoms with Gasteiger partial charge in [-0.05, 0) is 31.2 Å². The van der Waals surface area contributed by atoms with Crippen molar-refractivity contribution in [3.05, 3.63) is 70.3 Å². The normalized spacial score (nSPS) is 11.0. The fourth-order valence-electron chi connectivity index (χ4n) is 3.03. The van der Waals surface area contributed by atoms with Crippen LogP contribution in [0.15, 0.2) is 63.0 Å². The molecule has 0 unspecified atom stereocenters. The Balaban J connectivity index is 1.86. The van der Waals surface area contributed by atoms with Gasteiger partial charge in [0.2, 0.25) is 0 Å². The van der Waals surface area contributed by atoms with Gasteiger partial charge in [0.05, 0.1) is 36.5 Å². The van der Waals surface area contributed by atoms with Gasteiger partial charge in [0.1, 0.15) is 5.76 Å². The maximum absolute atomic E-state index is 13.3. The third-order valence-electron chi connectivity index (χ3n) is 4.40. The van der Waals surface area contributed by atoms with Crippen molar-refractivity contribution in [3.63, 3.8) is 0 Å². The third kappa shape index (κ3) is 3.71. The second-order valence-corrected chi connectivity index (χ2v) is 7.25. The van der Waals surface area contributed by atoms with Crippen LogP contribution in [0.3, 0.4) is 0 Å². The summed E-state index contributed by atoms with van der Waals surface area (Å²) in [6.07, 6.45) is 0. The Labute approximate surface area is 171 Å². The van der Waals surface area contributed by atoms with Crippen molar-refractivity contribution in [1.82, 2.24) is 14.7 Å². The molecule has 0 radical (unpaired) electrons. The molecule has 0 aliphatic carbocycles. The summed E-state index contributed by atoms with van der Waals surface area (Å²) in [7, 11) is 3.13. The first-order chi connectivity index (χ1) is 14.1. The number of para-hydroxylation sites is 1. The number of benzene rings is 2. The molecule has 2 heterocycles. The fraction of sp³-hybridized carbons (Fsp3) is 0.190. The fourth-order valence-corrected chi connectivity index (χ4v) is 3.92. The smallest absolute Gasteiger partial charge is 0.266 e. The molecule has 2 aromatic carbocycles. The van der Waals surface area contributed by atoms with Crippen LogP contribution < -0.4 is 15.0 Å². The van der Waals surface area contributed by atoms with E-state index in [9.17, 15) is 4.79 Å². The Morgan fingerprint density at radius 3 is 2.59 bits per heavy atom. The molecule has 4 aromatic rings. The van der Waals surface area contributed by atoms with Gasteiger partial charge in [-0.2, -0.15) is 0 Å². The topological polar surface area (TPSA) is 79.4 Å². The molecule has 0 fully saturated rings. The van der Waals surface area contributed by atoms with Gasteiger partial charge in [0.15, 0.2) is 16.7 Å². The van der Waals surface area contributed by atoms with Crippen molar-refractivity contribution in [1.29, 1.82) is 0 Å². The number of hydrogen-bond acceptors (Lipinski definition) is 7. The maximum Gasteiger partial charge on any atom is 0.266 e. The highest BCUT2D eigenvalue weighted by Crippen LogP contribution is 2.31. The lowest BCUT2D eigenvalue weighted by Crippen LogP contribution is -2.21. The quantitative estimate of drug-likeness (QED) is 0.352. The molecule has 7 nitrogen and oxygen atoms in total. The average Bonchev–Trinajstić information content (AvgIpc) is 3.17. The van der Waals surface area contributed by atoms with Gasteiger partial charge in [0.25, 0.3) is 5.56 Å². The molecular formula is C21H19N3O4S. The van der Waals surface area contributed by atoms with E-state index in [-0.39, 0.29) is 5.56 Å². The highest BCUT2D eigenvalue weighted by Gasteiger charge is 2.16. The van der Waals surface area contributed by atoms with Crippen LogP contribution in [0.5, 0.6) is 11.5 Å². The number of aryl methyl sites for hydroxylation is 1. The molecule has 0 saturated heterocycles. The molecular weight excluding hydrogens is 390 g/mol. The van der Waals surface area contributed by atoms with Crippen molar-refractivity contribution >= 4 is 22.7 Å². The zero-order valence-electron chi connectivity index (χ0n) is 16.2. The van der Waals surface area contributed by atoms with E-state index in [1.807, 2.05) is 37.3 Å². The van der Waals surface area contributed by atoms with Crippen LogP contribution in [0.1, 0.15) is 11.5 Å². The number of rotatable bonds is 6. The molecule has 0 N–H and O–H groups in total. The van der Waals surface area contributed by atoms with E-state index in [1.165, 1.54) is 11.8 Å². The summed E-state index contributed by atoms with van der Waals surface area (Å²) >= 11 is 1.42. The van der Waals surface area contributed by atoms with Gasteiger partial charge in [-0.1, -0.05) is 29.1 Å². The molecule has 148 valence electrons. The molecule has 0 aliphatic rings. The summed E-state index contributed by atoms with van der Waals surface area (Å²) < 4.78 is 17.4. The SMILES string of the molecule is COc1ccc(-n2c(SCc3cc(C)on3)nc3ccccc3c2=O)cc1OC. The van der Waals surface area contributed by atoms with Crippen LogP contribution in [0.4, 0.5) is 0 Å². The van der Waals surface area contributed by atoms with Crippen molar-refractivity contribution in [2.24, 2.45) is 0 Å². The molecule has 0 amide bonds. The van der Waals surface area contributed by atoms with Crippen LogP contribution in [-0.2, 0) is 5.75 Å². The van der Waals surface area contributed by atoms with Gasteiger partial charge in [-0.25, -0.2) is 4.98 Å². The van der Waals surface area contributed by atoms with E-state index in [4.69, 9.17) is 19.0 Å². The summed E-state index contributed by atoms with van der Waals surface area (Å²) in [4.78, 5) is 18.1. The van der Waals surface area contributed by atoms with E-state index < -0.39 is 0 Å². The number of methoxy groups -OCH3 is 2. The number of hydrogen-bond donors (Lipinski definition) is 0. The summed E-state index contributed by atoms with van der Waals surface area (Å²) in [5.74, 6) is 2.39. The van der Waals surface area contributed by atoms with E-state index >= 15 is 0 Å². The minimum atomic E-state index is -0.151. The Morgan fingerprint density at radius 1 is 1.07 bits per heavy atom. The lowest BCUT2D eigenvalue weighted by Gasteiger charge is -2.15. The van der Waals surface area contributed by atoms with E-state index in [1.54, 1.807) is 37.0 Å². The molecule has 0 aliphatic heterocycles. The molecule has 4 rings (SSSR count). The van der Waals surface area contributed by atoms with Crippen LogP contribution in [-0.4, -0.2) is 28.9 Å². The van der Waals surface area contributed by atoms with E-state index in [0.29, 0.717) is 39.0 Å². The van der Waals surface area contributed by atoms with E-state index in [2.05, 4.69) is 5.16 Å². The van der Waals surface area contributed by atoms with Gasteiger partial charge >= 0.3 is 0 Å². The number of nitrogens with zero attached hydrogens (tertiary/aromatic N) is 3. The Hall–Kier alpha value is -3.26. The summed E-state index contributed by atoms with van der Waals surface area (Å²) in [5, 5.41) is 5.12. The summed E-state index contributed by atoms with van der Waals surface area (Å²) in [6, 6.07) is 14.5. The summed E-state index contributed by atoms with van der Waals surface area (Å²) in [5.41, 5.74) is 1.92. The van der Waals surface area contributed by atoms with Gasteiger partial charge in [-0.15, -0.1) is 0 Å². The Bertz CT molecular complexity index is 1230. The standard InChI is InChI=1S/C21H19N3O4S/c1-13-10-14(23-28-13)12-29-21-22-17-7-5-4-6-16(17)20(25)24(21)15-8-9-18(26-2)19(11-15)27-3/h4-11H,12H2,1-3H3. The number of fused-ring (bicyclic) bond motifs is 1. The van der Waals surface area contributed by atoms with Gasteiger partial charge in [-0.3, -0.25) is 9.36 Å². The number of thioether (sulfide) groups is 1. The molecule has 0 saturated carbocycles. The predicted molar refractivity (Wildman–Crippen MR) is 111 cm³/mol. The zero-order valence-corrected chi connectivity index (χ0v) is 17.0. The van der Waals surface area contributed by atoms with Crippen molar-refractivity contribution in [3.8, 4) is 17.2 Å². The largest absolute Gasteiger partial charge is 0.493 e. The summed E-state index contributed by atoms with van der Waals surface area (Å²) in [6.45, 7) is 1.84. The highest BCUT2D eigenvalue weighted by atomic mass is 32.2. The van der Waals surface area contributed by atoms with Gasteiger partial charge in [0, 0.05) is 17.9 Å². The van der Waals surface area contributed by atoms with E-state index in [0.717, 1.165) is 11.5 Å². The van der Waals surface area contributed by atoms with Crippen LogP contribution >= 0.6 is 11.8 Å². The lowest BCUT2D eigenvalue weighted by molar-refractivity contribution is 0.354. The minimum Gasteiger partial charge on any atom is -0.493 e. The molecule has 29 heavy (non-hydrogen) atoms. The zero-order chi connectivity index (χ0) is 20.4. The predicted octanol–water partition coefficient (Wildman–Crippen LogP) is 3.99. The molecule has 8 heteroatoms. The average molecular weight is 409 g/mol. The third-order valence-corrected chi connectivity index (χ3v) is 5.37. The first kappa shape index (κ1) is 19.1. The Kier molecular flexibility index (Phi) is 5.26. The second kappa shape index (κ2) is 8.00. The van der Waals surface area contributed by atoms with Crippen molar-refractivity contribution < 1.29 is 14.0 Å². The molecule has 0 spiro atoms. The van der Waals surface area contributed by atoms with Crippen molar-refractivity contribution in [2.75, 3.05) is 14.2 Å². The molecule has 2 aromatic heterocycles. The lowest BCUT2D eigenvalue weighted by atomic mass is 10.2. The second-order valence-electron chi connectivity index (χ2n) is 6.31. The van der Waals surface area contributed by atoms with Crippen LogP contribution in [0, 0.1) is 6.92 Å². The first-order valence-corrected chi connectivity index (χ1v) is 9.88. The number of aromatic nitrogens is 3. The minimum absolute atomic E-state index is 0.151. The molecule has 0 atom stereocenters. The maximum atomic E-state index is 13.3. The first-order valence-electron chi connectivity index (χ1n) is 8.90. The Morgan fingerprint density at radius 2 is 1.86 bits per heavy atom.